The number of hydrogen-bond donors (Lipinski definition) is 2. The Morgan fingerprint density at radius 1 is 1.56 bits per heavy atom. The summed E-state index contributed by atoms with van der Waals surface area (Å²) in [5, 5.41) is 13.4. The minimum Gasteiger partial charge on any atom is -0.481 e. The third-order valence-electron chi connectivity index (χ3n) is 2.35. The van der Waals surface area contributed by atoms with E-state index >= 15 is 0 Å². The van der Waals surface area contributed by atoms with Gasteiger partial charge in [0.1, 0.15) is 0 Å². The van der Waals surface area contributed by atoms with Crippen LogP contribution in [0.4, 0.5) is 0 Å². The Balaban J connectivity index is 2.47. The first-order valence-corrected chi connectivity index (χ1v) is 6.73. The molecule has 1 amide bonds. The van der Waals surface area contributed by atoms with Gasteiger partial charge >= 0.3 is 5.97 Å². The van der Waals surface area contributed by atoms with Crippen LogP contribution in [0.25, 0.3) is 6.08 Å². The molecule has 1 aromatic rings. The summed E-state index contributed by atoms with van der Waals surface area (Å²) in [5.41, 5.74) is 0. The van der Waals surface area contributed by atoms with E-state index in [0.717, 1.165) is 11.3 Å². The average Bonchev–Trinajstić information content (AvgIpc) is 2.78. The summed E-state index contributed by atoms with van der Waals surface area (Å²) >= 11 is 1.54. The molecule has 0 saturated carbocycles. The molecule has 0 radical (unpaired) electrons. The van der Waals surface area contributed by atoms with Crippen molar-refractivity contribution in [2.75, 3.05) is 0 Å². The van der Waals surface area contributed by atoms with Crippen LogP contribution < -0.4 is 5.32 Å². The molecule has 18 heavy (non-hydrogen) atoms. The molecule has 1 aromatic heterocycles. The van der Waals surface area contributed by atoms with E-state index in [4.69, 9.17) is 5.11 Å². The zero-order valence-electron chi connectivity index (χ0n) is 10.3. The van der Waals surface area contributed by atoms with Gasteiger partial charge in [0.05, 0.1) is 6.42 Å². The van der Waals surface area contributed by atoms with Gasteiger partial charge < -0.3 is 10.4 Å². The SMILES string of the molecule is CCCC(CC(=O)O)NC(=O)/C=C/c1cccs1. The first-order chi connectivity index (χ1) is 8.61. The summed E-state index contributed by atoms with van der Waals surface area (Å²) in [7, 11) is 0. The van der Waals surface area contributed by atoms with Gasteiger partial charge in [0.2, 0.25) is 5.91 Å². The van der Waals surface area contributed by atoms with Gasteiger partial charge in [-0.25, -0.2) is 0 Å². The quantitative estimate of drug-likeness (QED) is 0.746. The van der Waals surface area contributed by atoms with Crippen LogP contribution in [-0.2, 0) is 9.59 Å². The molecule has 5 heteroatoms. The molecule has 0 spiro atoms. The molecule has 1 atom stereocenters. The average molecular weight is 267 g/mol. The van der Waals surface area contributed by atoms with E-state index in [1.807, 2.05) is 24.4 Å². The van der Waals surface area contributed by atoms with Crippen LogP contribution in [0, 0.1) is 0 Å². The lowest BCUT2D eigenvalue weighted by molar-refractivity contribution is -0.137. The van der Waals surface area contributed by atoms with Gasteiger partial charge in [-0.3, -0.25) is 9.59 Å². The standard InChI is InChI=1S/C13H17NO3S/c1-2-4-10(9-13(16)17)14-12(15)7-6-11-5-3-8-18-11/h3,5-8,10H,2,4,9H2,1H3,(H,14,15)(H,16,17)/b7-6+. The van der Waals surface area contributed by atoms with Crippen molar-refractivity contribution < 1.29 is 14.7 Å². The molecule has 0 saturated heterocycles. The topological polar surface area (TPSA) is 66.4 Å². The molecule has 98 valence electrons. The molecule has 2 N–H and O–H groups in total. The van der Waals surface area contributed by atoms with Crippen LogP contribution in [0.15, 0.2) is 23.6 Å². The van der Waals surface area contributed by atoms with E-state index in [-0.39, 0.29) is 18.4 Å². The second-order valence-corrected chi connectivity index (χ2v) is 4.92. The lowest BCUT2D eigenvalue weighted by Gasteiger charge is -2.14. The van der Waals surface area contributed by atoms with E-state index in [1.165, 1.54) is 6.08 Å². The number of hydrogen-bond acceptors (Lipinski definition) is 3. The van der Waals surface area contributed by atoms with E-state index in [9.17, 15) is 9.59 Å². The van der Waals surface area contributed by atoms with Gasteiger partial charge in [0.15, 0.2) is 0 Å². The summed E-state index contributed by atoms with van der Waals surface area (Å²) in [6, 6.07) is 3.52. The zero-order valence-corrected chi connectivity index (χ0v) is 11.1. The molecule has 0 aliphatic carbocycles. The maximum atomic E-state index is 11.6. The normalized spacial score (nSPS) is 12.5. The molecule has 0 fully saturated rings. The number of thiophene rings is 1. The Morgan fingerprint density at radius 3 is 2.89 bits per heavy atom. The Bertz CT molecular complexity index is 412. The van der Waals surface area contributed by atoms with Crippen molar-refractivity contribution in [3.8, 4) is 0 Å². The van der Waals surface area contributed by atoms with Crippen molar-refractivity contribution in [1.82, 2.24) is 5.32 Å². The lowest BCUT2D eigenvalue weighted by atomic mass is 10.1. The van der Waals surface area contributed by atoms with Crippen LogP contribution >= 0.6 is 11.3 Å². The fraction of sp³-hybridized carbons (Fsp3) is 0.385. The fourth-order valence-electron chi connectivity index (χ4n) is 1.58. The molecular weight excluding hydrogens is 250 g/mol. The summed E-state index contributed by atoms with van der Waals surface area (Å²) < 4.78 is 0. The molecule has 0 aliphatic rings. The first kappa shape index (κ1) is 14.4. The van der Waals surface area contributed by atoms with E-state index in [0.29, 0.717) is 6.42 Å². The van der Waals surface area contributed by atoms with Crippen molar-refractivity contribution in [2.24, 2.45) is 0 Å². The second-order valence-electron chi connectivity index (χ2n) is 3.94. The van der Waals surface area contributed by atoms with Gasteiger partial charge in [-0.15, -0.1) is 11.3 Å². The number of amides is 1. The predicted octanol–water partition coefficient (Wildman–Crippen LogP) is 2.52. The van der Waals surface area contributed by atoms with E-state index in [2.05, 4.69) is 5.32 Å². The highest BCUT2D eigenvalue weighted by Crippen LogP contribution is 2.10. The minimum absolute atomic E-state index is 0.0353. The third kappa shape index (κ3) is 5.63. The Kier molecular flexibility index (Phi) is 6.14. The molecule has 4 nitrogen and oxygen atoms in total. The smallest absolute Gasteiger partial charge is 0.305 e. The monoisotopic (exact) mass is 267 g/mol. The van der Waals surface area contributed by atoms with Crippen molar-refractivity contribution >= 4 is 29.3 Å². The highest BCUT2D eigenvalue weighted by Gasteiger charge is 2.13. The largest absolute Gasteiger partial charge is 0.481 e. The van der Waals surface area contributed by atoms with Crippen LogP contribution in [-0.4, -0.2) is 23.0 Å². The summed E-state index contributed by atoms with van der Waals surface area (Å²) in [6.45, 7) is 1.96. The Labute approximate surface area is 110 Å². The molecule has 1 unspecified atom stereocenters. The van der Waals surface area contributed by atoms with E-state index < -0.39 is 5.97 Å². The second kappa shape index (κ2) is 7.66. The van der Waals surface area contributed by atoms with Crippen LogP contribution in [0.2, 0.25) is 0 Å². The summed E-state index contributed by atoms with van der Waals surface area (Å²) in [4.78, 5) is 23.3. The van der Waals surface area contributed by atoms with Crippen molar-refractivity contribution in [2.45, 2.75) is 32.2 Å². The Morgan fingerprint density at radius 2 is 2.33 bits per heavy atom. The van der Waals surface area contributed by atoms with Gasteiger partial charge in [-0.2, -0.15) is 0 Å². The number of carboxylic acid groups (broad SMARTS) is 1. The molecule has 0 aromatic carbocycles. The van der Waals surface area contributed by atoms with Gasteiger partial charge in [0, 0.05) is 17.0 Å². The number of aliphatic carboxylic acids is 1. The summed E-state index contributed by atoms with van der Waals surface area (Å²) in [6.07, 6.45) is 4.64. The number of rotatable bonds is 7. The third-order valence-corrected chi connectivity index (χ3v) is 3.18. The zero-order chi connectivity index (χ0) is 13.4. The maximum Gasteiger partial charge on any atom is 0.305 e. The molecular formula is C13H17NO3S. The number of carbonyl (C=O) groups is 2. The molecule has 1 heterocycles. The molecule has 1 rings (SSSR count). The predicted molar refractivity (Wildman–Crippen MR) is 72.4 cm³/mol. The number of carboxylic acids is 1. The Hall–Kier alpha value is -1.62. The highest BCUT2D eigenvalue weighted by atomic mass is 32.1. The van der Waals surface area contributed by atoms with Gasteiger partial charge in [0.25, 0.3) is 0 Å². The van der Waals surface area contributed by atoms with Crippen molar-refractivity contribution in [3.63, 3.8) is 0 Å². The van der Waals surface area contributed by atoms with Crippen LogP contribution in [0.1, 0.15) is 31.1 Å². The minimum atomic E-state index is -0.893. The van der Waals surface area contributed by atoms with E-state index in [1.54, 1.807) is 17.4 Å². The molecule has 0 bridgehead atoms. The van der Waals surface area contributed by atoms with Gasteiger partial charge in [-0.1, -0.05) is 19.4 Å². The molecule has 0 aliphatic heterocycles. The fourth-order valence-corrected chi connectivity index (χ4v) is 2.20. The maximum absolute atomic E-state index is 11.6. The lowest BCUT2D eigenvalue weighted by Crippen LogP contribution is -2.35. The highest BCUT2D eigenvalue weighted by molar-refractivity contribution is 7.10. The van der Waals surface area contributed by atoms with Crippen LogP contribution in [0.3, 0.4) is 0 Å². The number of nitrogens with one attached hydrogen (secondary N) is 1. The van der Waals surface area contributed by atoms with Crippen molar-refractivity contribution in [1.29, 1.82) is 0 Å². The van der Waals surface area contributed by atoms with Crippen LogP contribution in [0.5, 0.6) is 0 Å². The number of carbonyl (C=O) groups excluding carboxylic acids is 1. The summed E-state index contributed by atoms with van der Waals surface area (Å²) in [5.74, 6) is -1.14. The van der Waals surface area contributed by atoms with Gasteiger partial charge in [-0.05, 0) is 23.9 Å². The first-order valence-electron chi connectivity index (χ1n) is 5.85. The van der Waals surface area contributed by atoms with Crippen molar-refractivity contribution in [3.05, 3.63) is 28.5 Å².